The van der Waals surface area contributed by atoms with Crippen molar-refractivity contribution >= 4 is 21.6 Å². The molecule has 1 N–H and O–H groups in total. The number of aromatic nitrogens is 3. The third-order valence-electron chi connectivity index (χ3n) is 2.69. The van der Waals surface area contributed by atoms with Crippen LogP contribution in [0.5, 0.6) is 0 Å². The number of anilines is 1. The monoisotopic (exact) mass is 308 g/mol. The minimum Gasteiger partial charge on any atom is -0.379 e. The van der Waals surface area contributed by atoms with Gasteiger partial charge >= 0.3 is 0 Å². The van der Waals surface area contributed by atoms with Crippen LogP contribution in [0, 0.1) is 6.92 Å². The first-order valence-corrected chi connectivity index (χ1v) is 6.24. The highest BCUT2D eigenvalue weighted by molar-refractivity contribution is 9.10. The van der Waals surface area contributed by atoms with Gasteiger partial charge in [-0.3, -0.25) is 9.78 Å². The van der Waals surface area contributed by atoms with Gasteiger partial charge in [0.2, 0.25) is 0 Å². The van der Waals surface area contributed by atoms with E-state index in [1.165, 1.54) is 4.68 Å². The lowest BCUT2D eigenvalue weighted by molar-refractivity contribution is 0.703. The second-order valence-electron chi connectivity index (χ2n) is 3.96. The van der Waals surface area contributed by atoms with Crippen LogP contribution < -0.4 is 10.9 Å². The van der Waals surface area contributed by atoms with E-state index in [1.807, 2.05) is 19.2 Å². The topological polar surface area (TPSA) is 59.8 Å². The fourth-order valence-electron chi connectivity index (χ4n) is 1.51. The fourth-order valence-corrected chi connectivity index (χ4v) is 2.01. The molecule has 2 aromatic rings. The zero-order valence-electron chi connectivity index (χ0n) is 10.1. The molecular formula is C12H13BrN4O. The molecule has 0 aliphatic rings. The minimum absolute atomic E-state index is 0.164. The average molecular weight is 309 g/mol. The third-order valence-corrected chi connectivity index (χ3v) is 3.46. The maximum absolute atomic E-state index is 11.7. The molecule has 18 heavy (non-hydrogen) atoms. The molecule has 0 aliphatic carbocycles. The Bertz CT molecular complexity index is 624. The quantitative estimate of drug-likeness (QED) is 0.940. The Hall–Kier alpha value is -1.69. The number of nitrogens with one attached hydrogen (secondary N) is 1. The van der Waals surface area contributed by atoms with E-state index in [0.29, 0.717) is 16.7 Å². The number of hydrogen-bond donors (Lipinski definition) is 1. The first kappa shape index (κ1) is 12.8. The fraction of sp³-hybridized carbons (Fsp3) is 0.250. The summed E-state index contributed by atoms with van der Waals surface area (Å²) in [5.41, 5.74) is 2.76. The smallest absolute Gasteiger partial charge is 0.282 e. The Balaban J connectivity index is 2.19. The molecule has 2 heterocycles. The van der Waals surface area contributed by atoms with E-state index < -0.39 is 0 Å². The van der Waals surface area contributed by atoms with Crippen molar-refractivity contribution in [3.05, 3.63) is 50.6 Å². The molecule has 0 aliphatic heterocycles. The van der Waals surface area contributed by atoms with Gasteiger partial charge in [-0.1, -0.05) is 0 Å². The second-order valence-corrected chi connectivity index (χ2v) is 4.75. The molecular weight excluding hydrogens is 296 g/mol. The van der Waals surface area contributed by atoms with E-state index in [0.717, 1.165) is 11.1 Å². The van der Waals surface area contributed by atoms with Crippen molar-refractivity contribution in [3.8, 4) is 0 Å². The average Bonchev–Trinajstić information content (AvgIpc) is 2.37. The lowest BCUT2D eigenvalue weighted by Crippen LogP contribution is -2.21. The van der Waals surface area contributed by atoms with E-state index in [-0.39, 0.29) is 5.56 Å². The van der Waals surface area contributed by atoms with Crippen molar-refractivity contribution in [2.24, 2.45) is 7.05 Å². The van der Waals surface area contributed by atoms with Crippen molar-refractivity contribution < 1.29 is 0 Å². The van der Waals surface area contributed by atoms with Gasteiger partial charge in [-0.15, -0.1) is 0 Å². The van der Waals surface area contributed by atoms with Gasteiger partial charge in [-0.25, -0.2) is 4.68 Å². The minimum atomic E-state index is -0.164. The summed E-state index contributed by atoms with van der Waals surface area (Å²) in [6.07, 6.45) is 5.19. The Labute approximate surface area is 113 Å². The number of rotatable bonds is 3. The Kier molecular flexibility index (Phi) is 3.76. The second kappa shape index (κ2) is 5.30. The first-order chi connectivity index (χ1) is 8.59. The van der Waals surface area contributed by atoms with E-state index >= 15 is 0 Å². The number of pyridine rings is 1. The van der Waals surface area contributed by atoms with Crippen molar-refractivity contribution in [1.82, 2.24) is 14.8 Å². The van der Waals surface area contributed by atoms with Crippen LogP contribution in [-0.2, 0) is 13.6 Å². The maximum Gasteiger partial charge on any atom is 0.282 e. The molecule has 94 valence electrons. The summed E-state index contributed by atoms with van der Waals surface area (Å²) in [6.45, 7) is 2.63. The molecule has 2 aromatic heterocycles. The summed E-state index contributed by atoms with van der Waals surface area (Å²) < 4.78 is 1.77. The number of hydrogen-bond acceptors (Lipinski definition) is 4. The number of nitrogens with zero attached hydrogens (tertiary/aromatic N) is 3. The third kappa shape index (κ3) is 2.59. The molecule has 0 radical (unpaired) electrons. The van der Waals surface area contributed by atoms with E-state index in [2.05, 4.69) is 31.3 Å². The molecule has 0 saturated carbocycles. The van der Waals surface area contributed by atoms with Crippen LogP contribution >= 0.6 is 15.9 Å². The SMILES string of the molecule is Cc1ccncc1CNc1cnn(C)c(=O)c1Br. The molecule has 0 fully saturated rings. The first-order valence-electron chi connectivity index (χ1n) is 5.44. The van der Waals surface area contributed by atoms with Crippen LogP contribution in [0.25, 0.3) is 0 Å². The van der Waals surface area contributed by atoms with E-state index in [4.69, 9.17) is 0 Å². The molecule has 2 rings (SSSR count). The Morgan fingerprint density at radius 3 is 2.94 bits per heavy atom. The molecule has 0 bridgehead atoms. The van der Waals surface area contributed by atoms with Crippen LogP contribution in [0.2, 0.25) is 0 Å². The van der Waals surface area contributed by atoms with Crippen LogP contribution in [0.4, 0.5) is 5.69 Å². The lowest BCUT2D eigenvalue weighted by atomic mass is 10.1. The molecule has 0 amide bonds. The van der Waals surface area contributed by atoms with Gasteiger partial charge in [0.25, 0.3) is 5.56 Å². The molecule has 0 aromatic carbocycles. The van der Waals surface area contributed by atoms with Crippen molar-refractivity contribution in [2.45, 2.75) is 13.5 Å². The van der Waals surface area contributed by atoms with Crippen molar-refractivity contribution in [2.75, 3.05) is 5.32 Å². The van der Waals surface area contributed by atoms with Gasteiger partial charge in [0.15, 0.2) is 0 Å². The van der Waals surface area contributed by atoms with Gasteiger partial charge in [-0.2, -0.15) is 5.10 Å². The van der Waals surface area contributed by atoms with Gasteiger partial charge in [0.1, 0.15) is 4.47 Å². The molecule has 0 unspecified atom stereocenters. The highest BCUT2D eigenvalue weighted by atomic mass is 79.9. The predicted octanol–water partition coefficient (Wildman–Crippen LogP) is 1.86. The van der Waals surface area contributed by atoms with Crippen molar-refractivity contribution in [3.63, 3.8) is 0 Å². The summed E-state index contributed by atoms with van der Waals surface area (Å²) in [5.74, 6) is 0. The maximum atomic E-state index is 11.7. The van der Waals surface area contributed by atoms with Crippen LogP contribution in [0.3, 0.4) is 0 Å². The molecule has 0 spiro atoms. The molecule has 6 heteroatoms. The van der Waals surface area contributed by atoms with Crippen LogP contribution in [0.15, 0.2) is 33.9 Å². The van der Waals surface area contributed by atoms with Gasteiger partial charge in [0, 0.05) is 26.0 Å². The summed E-state index contributed by atoms with van der Waals surface area (Å²) >= 11 is 3.27. The largest absolute Gasteiger partial charge is 0.379 e. The summed E-state index contributed by atoms with van der Waals surface area (Å²) in [6, 6.07) is 1.95. The predicted molar refractivity (Wildman–Crippen MR) is 73.5 cm³/mol. The zero-order valence-corrected chi connectivity index (χ0v) is 11.7. The van der Waals surface area contributed by atoms with Crippen molar-refractivity contribution in [1.29, 1.82) is 0 Å². The number of aryl methyl sites for hydroxylation is 2. The van der Waals surface area contributed by atoms with Gasteiger partial charge < -0.3 is 5.32 Å². The number of halogens is 1. The van der Waals surface area contributed by atoms with Gasteiger partial charge in [-0.05, 0) is 40.0 Å². The molecule has 5 nitrogen and oxygen atoms in total. The van der Waals surface area contributed by atoms with E-state index in [9.17, 15) is 4.79 Å². The zero-order chi connectivity index (χ0) is 13.1. The summed E-state index contributed by atoms with van der Waals surface area (Å²) in [4.78, 5) is 15.7. The van der Waals surface area contributed by atoms with E-state index in [1.54, 1.807) is 19.4 Å². The summed E-state index contributed by atoms with van der Waals surface area (Å²) in [5, 5.41) is 7.15. The Morgan fingerprint density at radius 1 is 1.44 bits per heavy atom. The van der Waals surface area contributed by atoms with Gasteiger partial charge in [0.05, 0.1) is 11.9 Å². The van der Waals surface area contributed by atoms with Crippen LogP contribution in [0.1, 0.15) is 11.1 Å². The standard InChI is InChI=1S/C12H13BrN4O/c1-8-3-4-14-5-9(8)6-15-10-7-16-17(2)12(18)11(10)13/h3-5,7,15H,6H2,1-2H3. The van der Waals surface area contributed by atoms with Crippen LogP contribution in [-0.4, -0.2) is 14.8 Å². The molecule has 0 saturated heterocycles. The highest BCUT2D eigenvalue weighted by Crippen LogP contribution is 2.17. The lowest BCUT2D eigenvalue weighted by Gasteiger charge is -2.10. The molecule has 0 atom stereocenters. The Morgan fingerprint density at radius 2 is 2.22 bits per heavy atom. The summed E-state index contributed by atoms with van der Waals surface area (Å²) in [7, 11) is 1.61. The normalized spacial score (nSPS) is 10.4. The highest BCUT2D eigenvalue weighted by Gasteiger charge is 2.06.